The van der Waals surface area contributed by atoms with Crippen molar-refractivity contribution < 1.29 is 30.0 Å². The van der Waals surface area contributed by atoms with E-state index in [2.05, 4.69) is 0 Å². The zero-order chi connectivity index (χ0) is 22.0. The van der Waals surface area contributed by atoms with Crippen molar-refractivity contribution in [3.63, 3.8) is 0 Å². The van der Waals surface area contributed by atoms with Gasteiger partial charge in [-0.25, -0.2) is 16.8 Å². The molecule has 4 nitrogen and oxygen atoms in total. The molecule has 158 valence electrons. The van der Waals surface area contributed by atoms with Gasteiger partial charge in [0.2, 0.25) is 14.2 Å². The lowest BCUT2D eigenvalue weighted by Gasteiger charge is -2.28. The Labute approximate surface area is 174 Å². The molecule has 0 aliphatic rings. The van der Waals surface area contributed by atoms with Crippen LogP contribution in [0.15, 0.2) is 95.9 Å². The van der Waals surface area contributed by atoms with Crippen molar-refractivity contribution in [2.24, 2.45) is 0 Å². The fourth-order valence-corrected chi connectivity index (χ4v) is 12.0. The Morgan fingerprint density at radius 1 is 0.633 bits per heavy atom. The summed E-state index contributed by atoms with van der Waals surface area (Å²) in [5.74, 6) is 0. The molecular formula is C20H16F3O4PS2. The number of rotatable bonds is 6. The summed E-state index contributed by atoms with van der Waals surface area (Å²) in [5, 5.41) is 0.409. The molecule has 30 heavy (non-hydrogen) atoms. The van der Waals surface area contributed by atoms with E-state index < -0.39 is 42.3 Å². The standard InChI is InChI=1S/C20H16F3O4PS2/c21-20(22,23)30(26,27)19(29(24,25)18-14-8-3-9-15-18)28(16-10-4-1-5-11-16)17-12-6-2-7-13-17/h1-15,19H. The molecule has 0 N–H and O–H groups in total. The van der Waals surface area contributed by atoms with E-state index in [1.54, 1.807) is 12.1 Å². The van der Waals surface area contributed by atoms with Crippen LogP contribution in [0, 0.1) is 0 Å². The van der Waals surface area contributed by atoms with E-state index in [9.17, 15) is 30.0 Å². The van der Waals surface area contributed by atoms with Crippen molar-refractivity contribution in [3.8, 4) is 0 Å². The quantitative estimate of drug-likeness (QED) is 0.512. The first kappa shape index (κ1) is 22.5. The van der Waals surface area contributed by atoms with Crippen LogP contribution < -0.4 is 10.6 Å². The molecule has 0 saturated carbocycles. The van der Waals surface area contributed by atoms with Gasteiger partial charge in [0.15, 0.2) is 0 Å². The average Bonchev–Trinajstić information content (AvgIpc) is 2.72. The first-order valence-electron chi connectivity index (χ1n) is 8.55. The van der Waals surface area contributed by atoms with Gasteiger partial charge in [-0.15, -0.1) is 0 Å². The van der Waals surface area contributed by atoms with Crippen LogP contribution in [0.3, 0.4) is 0 Å². The molecule has 0 saturated heterocycles. The molecule has 0 aliphatic carbocycles. The second-order valence-electron chi connectivity index (χ2n) is 6.20. The Hall–Kier alpha value is -2.22. The molecule has 0 aliphatic heterocycles. The normalized spacial score (nSPS) is 13.9. The topological polar surface area (TPSA) is 68.3 Å². The monoisotopic (exact) mass is 472 g/mol. The molecule has 0 amide bonds. The summed E-state index contributed by atoms with van der Waals surface area (Å²) >= 11 is 0. The van der Waals surface area contributed by atoms with Gasteiger partial charge < -0.3 is 0 Å². The van der Waals surface area contributed by atoms with Crippen LogP contribution in [0.4, 0.5) is 13.2 Å². The van der Waals surface area contributed by atoms with Crippen molar-refractivity contribution in [2.75, 3.05) is 0 Å². The molecule has 0 aromatic heterocycles. The number of sulfone groups is 2. The first-order valence-corrected chi connectivity index (χ1v) is 13.1. The van der Waals surface area contributed by atoms with Crippen LogP contribution in [0.2, 0.25) is 0 Å². The van der Waals surface area contributed by atoms with E-state index in [0.29, 0.717) is 0 Å². The summed E-state index contributed by atoms with van der Waals surface area (Å²) in [4.78, 5) is -0.484. The van der Waals surface area contributed by atoms with Gasteiger partial charge in [0, 0.05) is 0 Å². The highest BCUT2D eigenvalue weighted by Gasteiger charge is 2.59. The summed E-state index contributed by atoms with van der Waals surface area (Å²) in [6.45, 7) is 0. The number of hydrogen-bond acceptors (Lipinski definition) is 4. The number of hydrogen-bond donors (Lipinski definition) is 0. The number of halogens is 3. The molecule has 0 heterocycles. The van der Waals surface area contributed by atoms with Gasteiger partial charge in [-0.1, -0.05) is 78.9 Å². The van der Waals surface area contributed by atoms with Gasteiger partial charge in [-0.05, 0) is 30.7 Å². The van der Waals surface area contributed by atoms with Crippen LogP contribution in [0.25, 0.3) is 0 Å². The highest BCUT2D eigenvalue weighted by molar-refractivity contribution is 8.19. The maximum absolute atomic E-state index is 13.7. The van der Waals surface area contributed by atoms with Crippen molar-refractivity contribution >= 4 is 38.2 Å². The van der Waals surface area contributed by atoms with Crippen molar-refractivity contribution in [2.45, 2.75) is 14.7 Å². The van der Waals surface area contributed by atoms with Crippen molar-refractivity contribution in [1.82, 2.24) is 0 Å². The molecule has 10 heteroatoms. The van der Waals surface area contributed by atoms with Crippen LogP contribution in [0.1, 0.15) is 0 Å². The second-order valence-corrected chi connectivity index (χ2v) is 13.5. The van der Waals surface area contributed by atoms with E-state index in [1.165, 1.54) is 66.7 Å². The lowest BCUT2D eigenvalue weighted by atomic mass is 10.4. The molecule has 0 bridgehead atoms. The maximum atomic E-state index is 13.7. The predicted octanol–water partition coefficient (Wildman–Crippen LogP) is 3.81. The van der Waals surface area contributed by atoms with Crippen LogP contribution in [-0.4, -0.2) is 26.7 Å². The molecule has 0 radical (unpaired) electrons. The SMILES string of the molecule is O=S(=O)(c1ccccc1)C(P(c1ccccc1)c1ccccc1)S(=O)(=O)C(F)(F)F. The van der Waals surface area contributed by atoms with E-state index >= 15 is 0 Å². The minimum Gasteiger partial charge on any atom is -0.222 e. The van der Waals surface area contributed by atoms with Crippen molar-refractivity contribution in [1.29, 1.82) is 0 Å². The highest BCUT2D eigenvalue weighted by atomic mass is 32.3. The first-order chi connectivity index (χ1) is 14.1. The second kappa shape index (κ2) is 8.49. The summed E-state index contributed by atoms with van der Waals surface area (Å²) in [6.07, 6.45) is 0. The third-order valence-corrected chi connectivity index (χ3v) is 13.4. The van der Waals surface area contributed by atoms with Gasteiger partial charge in [-0.3, -0.25) is 0 Å². The van der Waals surface area contributed by atoms with Gasteiger partial charge in [0.05, 0.1) is 4.90 Å². The van der Waals surface area contributed by atoms with Crippen LogP contribution in [0.5, 0.6) is 0 Å². The lowest BCUT2D eigenvalue weighted by molar-refractivity contribution is -0.0433. The average molecular weight is 472 g/mol. The lowest BCUT2D eigenvalue weighted by Crippen LogP contribution is -2.42. The summed E-state index contributed by atoms with van der Waals surface area (Å²) < 4.78 is 90.4. The zero-order valence-corrected chi connectivity index (χ0v) is 17.8. The molecule has 0 spiro atoms. The molecule has 3 aromatic rings. The minimum atomic E-state index is -6.10. The molecule has 3 aromatic carbocycles. The summed E-state index contributed by atoms with van der Waals surface area (Å²) in [5.41, 5.74) is -5.75. The maximum Gasteiger partial charge on any atom is 0.499 e. The van der Waals surface area contributed by atoms with E-state index in [1.807, 2.05) is 0 Å². The third-order valence-electron chi connectivity index (χ3n) is 4.20. The predicted molar refractivity (Wildman–Crippen MR) is 111 cm³/mol. The van der Waals surface area contributed by atoms with Crippen LogP contribution in [-0.2, 0) is 19.7 Å². The Bertz CT molecular complexity index is 1160. The number of alkyl halides is 3. The van der Waals surface area contributed by atoms with Gasteiger partial charge >= 0.3 is 5.51 Å². The van der Waals surface area contributed by atoms with Gasteiger partial charge in [0.1, 0.15) is 0 Å². The van der Waals surface area contributed by atoms with E-state index in [0.717, 1.165) is 12.1 Å². The molecule has 1 unspecified atom stereocenters. The Morgan fingerprint density at radius 3 is 1.37 bits per heavy atom. The summed E-state index contributed by atoms with van der Waals surface area (Å²) in [7, 11) is -13.5. The fourth-order valence-electron chi connectivity index (χ4n) is 2.85. The zero-order valence-electron chi connectivity index (χ0n) is 15.3. The number of benzene rings is 3. The van der Waals surface area contributed by atoms with Gasteiger partial charge in [-0.2, -0.15) is 13.2 Å². The molecular weight excluding hydrogens is 456 g/mol. The molecule has 0 fully saturated rings. The molecule has 3 rings (SSSR count). The van der Waals surface area contributed by atoms with Crippen LogP contribution >= 0.6 is 7.92 Å². The summed E-state index contributed by atoms with van der Waals surface area (Å²) in [6, 6.07) is 21.4. The third kappa shape index (κ3) is 4.29. The Balaban J connectivity index is 2.37. The highest BCUT2D eigenvalue weighted by Crippen LogP contribution is 2.50. The van der Waals surface area contributed by atoms with Crippen molar-refractivity contribution in [3.05, 3.63) is 91.0 Å². The Kier molecular flexibility index (Phi) is 6.36. The van der Waals surface area contributed by atoms with E-state index in [-0.39, 0.29) is 10.6 Å². The minimum absolute atomic E-state index is 0.205. The molecule has 1 atom stereocenters. The Morgan fingerprint density at radius 2 is 1.00 bits per heavy atom. The van der Waals surface area contributed by atoms with Gasteiger partial charge in [0.25, 0.3) is 9.84 Å². The smallest absolute Gasteiger partial charge is 0.222 e. The van der Waals surface area contributed by atoms with E-state index in [4.69, 9.17) is 0 Å². The largest absolute Gasteiger partial charge is 0.499 e. The fraction of sp³-hybridized carbons (Fsp3) is 0.100.